The highest BCUT2D eigenvalue weighted by Gasteiger charge is 1.96. The van der Waals surface area contributed by atoms with E-state index < -0.39 is 0 Å². The lowest BCUT2D eigenvalue weighted by atomic mass is 10.2. The van der Waals surface area contributed by atoms with Crippen molar-refractivity contribution in [2.24, 2.45) is 0 Å². The van der Waals surface area contributed by atoms with Gasteiger partial charge in [0.25, 0.3) is 0 Å². The average Bonchev–Trinajstić information content (AvgIpc) is 2.83. The van der Waals surface area contributed by atoms with Crippen LogP contribution in [-0.2, 0) is 13.0 Å². The number of aryl methyl sites for hydroxylation is 2. The SMILES string of the molecule is CC.CC.CCCCCn1cc(CC)nn1. The zero-order valence-corrected chi connectivity index (χ0v) is 12.0. The summed E-state index contributed by atoms with van der Waals surface area (Å²) < 4.78 is 1.94. The van der Waals surface area contributed by atoms with E-state index in [1.807, 2.05) is 38.6 Å². The van der Waals surface area contributed by atoms with Gasteiger partial charge in [0, 0.05) is 12.7 Å². The molecule has 0 fully saturated rings. The fourth-order valence-corrected chi connectivity index (χ4v) is 1.13. The molecule has 0 aliphatic rings. The highest BCUT2D eigenvalue weighted by Crippen LogP contribution is 1.99. The third-order valence-corrected chi connectivity index (χ3v) is 1.94. The van der Waals surface area contributed by atoms with E-state index in [1.54, 1.807) is 0 Å². The van der Waals surface area contributed by atoms with Gasteiger partial charge in [-0.15, -0.1) is 5.10 Å². The molecule has 96 valence electrons. The van der Waals surface area contributed by atoms with Crippen LogP contribution in [-0.4, -0.2) is 15.0 Å². The van der Waals surface area contributed by atoms with E-state index in [9.17, 15) is 0 Å². The van der Waals surface area contributed by atoms with Crippen LogP contribution in [0.2, 0.25) is 0 Å². The molecule has 0 aliphatic heterocycles. The van der Waals surface area contributed by atoms with Crippen LogP contribution in [0.5, 0.6) is 0 Å². The highest BCUT2D eigenvalue weighted by molar-refractivity contribution is 4.90. The Kier molecular flexibility index (Phi) is 15.5. The zero-order valence-electron chi connectivity index (χ0n) is 12.0. The normalized spacial score (nSPS) is 8.62. The first kappa shape index (κ1) is 17.5. The van der Waals surface area contributed by atoms with Gasteiger partial charge in [-0.2, -0.15) is 0 Å². The smallest absolute Gasteiger partial charge is 0.0824 e. The summed E-state index contributed by atoms with van der Waals surface area (Å²) in [6.45, 7) is 13.3. The van der Waals surface area contributed by atoms with Crippen LogP contribution in [0.3, 0.4) is 0 Å². The number of unbranched alkanes of at least 4 members (excludes halogenated alkanes) is 2. The molecule has 1 rings (SSSR count). The number of aromatic nitrogens is 3. The van der Waals surface area contributed by atoms with Crippen LogP contribution >= 0.6 is 0 Å². The van der Waals surface area contributed by atoms with Gasteiger partial charge in [-0.1, -0.05) is 59.6 Å². The number of nitrogens with zero attached hydrogens (tertiary/aromatic N) is 3. The lowest BCUT2D eigenvalue weighted by molar-refractivity contribution is 0.537. The van der Waals surface area contributed by atoms with Gasteiger partial charge >= 0.3 is 0 Å². The maximum atomic E-state index is 4.03. The maximum Gasteiger partial charge on any atom is 0.0824 e. The predicted molar refractivity (Wildman–Crippen MR) is 71.6 cm³/mol. The second-order valence-electron chi connectivity index (χ2n) is 3.03. The van der Waals surface area contributed by atoms with E-state index in [0.717, 1.165) is 18.7 Å². The molecule has 16 heavy (non-hydrogen) atoms. The van der Waals surface area contributed by atoms with E-state index in [0.29, 0.717) is 0 Å². The lowest BCUT2D eigenvalue weighted by Crippen LogP contribution is -1.98. The second kappa shape index (κ2) is 14.1. The van der Waals surface area contributed by atoms with Crippen LogP contribution < -0.4 is 0 Å². The van der Waals surface area contributed by atoms with Crippen molar-refractivity contribution in [3.63, 3.8) is 0 Å². The quantitative estimate of drug-likeness (QED) is 0.709. The number of rotatable bonds is 5. The van der Waals surface area contributed by atoms with E-state index in [2.05, 4.69) is 24.2 Å². The van der Waals surface area contributed by atoms with Crippen molar-refractivity contribution >= 4 is 0 Å². The van der Waals surface area contributed by atoms with Gasteiger partial charge in [-0.3, -0.25) is 4.68 Å². The van der Waals surface area contributed by atoms with Crippen molar-refractivity contribution in [3.05, 3.63) is 11.9 Å². The number of hydrogen-bond acceptors (Lipinski definition) is 2. The maximum absolute atomic E-state index is 4.03. The summed E-state index contributed by atoms with van der Waals surface area (Å²) in [7, 11) is 0. The van der Waals surface area contributed by atoms with Crippen LogP contribution in [0, 0.1) is 0 Å². The van der Waals surface area contributed by atoms with Gasteiger partial charge < -0.3 is 0 Å². The van der Waals surface area contributed by atoms with Gasteiger partial charge in [0.1, 0.15) is 0 Å². The third-order valence-electron chi connectivity index (χ3n) is 1.94. The molecule has 3 nitrogen and oxygen atoms in total. The van der Waals surface area contributed by atoms with Crippen molar-refractivity contribution in [2.75, 3.05) is 0 Å². The fourth-order valence-electron chi connectivity index (χ4n) is 1.13. The summed E-state index contributed by atoms with van der Waals surface area (Å²) in [4.78, 5) is 0. The minimum atomic E-state index is 0.980. The highest BCUT2D eigenvalue weighted by atomic mass is 15.4. The summed E-state index contributed by atoms with van der Waals surface area (Å²) in [5.41, 5.74) is 1.09. The number of hydrogen-bond donors (Lipinski definition) is 0. The second-order valence-corrected chi connectivity index (χ2v) is 3.03. The topological polar surface area (TPSA) is 30.7 Å². The largest absolute Gasteiger partial charge is 0.252 e. The molecule has 0 radical (unpaired) electrons. The van der Waals surface area contributed by atoms with Crippen molar-refractivity contribution in [2.45, 2.75) is 73.8 Å². The summed E-state index contributed by atoms with van der Waals surface area (Å²) in [5, 5.41) is 8.05. The Labute approximate surface area is 101 Å². The molecule has 0 atom stereocenters. The lowest BCUT2D eigenvalue weighted by Gasteiger charge is -1.96. The minimum absolute atomic E-state index is 0.980. The molecule has 1 heterocycles. The van der Waals surface area contributed by atoms with Crippen molar-refractivity contribution in [3.8, 4) is 0 Å². The fraction of sp³-hybridized carbons (Fsp3) is 0.846. The Morgan fingerprint density at radius 1 is 1.06 bits per heavy atom. The Bertz CT molecular complexity index is 219. The molecule has 0 amide bonds. The molecule has 0 saturated heterocycles. The van der Waals surface area contributed by atoms with E-state index >= 15 is 0 Å². The van der Waals surface area contributed by atoms with Crippen molar-refractivity contribution in [1.29, 1.82) is 0 Å². The first-order chi connectivity index (χ1) is 7.86. The Balaban J connectivity index is 0. The summed E-state index contributed by atoms with van der Waals surface area (Å²) in [5.74, 6) is 0. The monoisotopic (exact) mass is 227 g/mol. The van der Waals surface area contributed by atoms with Crippen molar-refractivity contribution in [1.82, 2.24) is 15.0 Å². The minimum Gasteiger partial charge on any atom is -0.252 e. The summed E-state index contributed by atoms with van der Waals surface area (Å²) >= 11 is 0. The summed E-state index contributed by atoms with van der Waals surface area (Å²) in [6, 6.07) is 0. The van der Waals surface area contributed by atoms with E-state index in [-0.39, 0.29) is 0 Å². The van der Waals surface area contributed by atoms with E-state index in [4.69, 9.17) is 0 Å². The molecular formula is C13H29N3. The zero-order chi connectivity index (χ0) is 12.8. The Morgan fingerprint density at radius 2 is 1.69 bits per heavy atom. The van der Waals surface area contributed by atoms with Gasteiger partial charge in [0.15, 0.2) is 0 Å². The average molecular weight is 227 g/mol. The Morgan fingerprint density at radius 3 is 2.12 bits per heavy atom. The van der Waals surface area contributed by atoms with Crippen LogP contribution in [0.4, 0.5) is 0 Å². The predicted octanol–water partition coefficient (Wildman–Crippen LogP) is 4.08. The molecule has 0 spiro atoms. The third kappa shape index (κ3) is 8.45. The standard InChI is InChI=1S/C9H17N3.2C2H6/c1-3-5-6-7-12-8-9(4-2)10-11-12;2*1-2/h8H,3-7H2,1-2H3;2*1-2H3. The first-order valence-corrected chi connectivity index (χ1v) is 6.75. The van der Waals surface area contributed by atoms with Gasteiger partial charge in [0.2, 0.25) is 0 Å². The molecule has 0 bridgehead atoms. The summed E-state index contributed by atoms with van der Waals surface area (Å²) in [6.07, 6.45) is 6.77. The molecule has 1 aromatic heterocycles. The molecule has 0 N–H and O–H groups in total. The van der Waals surface area contributed by atoms with Crippen molar-refractivity contribution < 1.29 is 0 Å². The molecule has 0 unspecified atom stereocenters. The molecule has 0 aliphatic carbocycles. The van der Waals surface area contributed by atoms with Crippen LogP contribution in [0.1, 0.15) is 66.5 Å². The molecule has 3 heteroatoms. The first-order valence-electron chi connectivity index (χ1n) is 6.75. The molecule has 0 aromatic carbocycles. The van der Waals surface area contributed by atoms with Crippen LogP contribution in [0.25, 0.3) is 0 Å². The molecule has 1 aromatic rings. The molecule has 0 saturated carbocycles. The van der Waals surface area contributed by atoms with Crippen LogP contribution in [0.15, 0.2) is 6.20 Å². The van der Waals surface area contributed by atoms with Gasteiger partial charge in [0.05, 0.1) is 5.69 Å². The van der Waals surface area contributed by atoms with Gasteiger partial charge in [-0.05, 0) is 12.8 Å². The van der Waals surface area contributed by atoms with E-state index in [1.165, 1.54) is 19.3 Å². The van der Waals surface area contributed by atoms with Gasteiger partial charge in [-0.25, -0.2) is 0 Å². The Hall–Kier alpha value is -0.860. The molecular weight excluding hydrogens is 198 g/mol.